The Hall–Kier alpha value is -2.12. The predicted octanol–water partition coefficient (Wildman–Crippen LogP) is 2.79. The normalized spacial score (nSPS) is 23.8. The zero-order valence-electron chi connectivity index (χ0n) is 14.8. The van der Waals surface area contributed by atoms with Crippen LogP contribution in [0.1, 0.15) is 49.7 Å². The topological polar surface area (TPSA) is 80.7 Å². The molecule has 7 heteroatoms. The van der Waals surface area contributed by atoms with E-state index in [2.05, 4.69) is 10.00 Å². The lowest BCUT2D eigenvalue weighted by Gasteiger charge is -2.38. The van der Waals surface area contributed by atoms with Crippen molar-refractivity contribution in [2.45, 2.75) is 50.3 Å². The molecular formula is C19H25N3O4. The van der Waals surface area contributed by atoms with Gasteiger partial charge in [-0.1, -0.05) is 0 Å². The van der Waals surface area contributed by atoms with E-state index in [1.165, 1.54) is 6.42 Å². The summed E-state index contributed by atoms with van der Waals surface area (Å²) >= 11 is 0. The van der Waals surface area contributed by atoms with Gasteiger partial charge in [-0.2, -0.15) is 5.10 Å². The fourth-order valence-corrected chi connectivity index (χ4v) is 3.98. The number of aromatic nitrogens is 2. The number of carboxylic acid groups (broad SMARTS) is 1. The summed E-state index contributed by atoms with van der Waals surface area (Å²) in [5, 5.41) is 14.0. The first-order valence-electron chi connectivity index (χ1n) is 9.33. The van der Waals surface area contributed by atoms with Gasteiger partial charge in [0.1, 0.15) is 17.6 Å². The number of hydrogen-bond donors (Lipinski definition) is 1. The standard InChI is InChI=1S/C19H25N3O4/c23-18(24)19(22-10-3-9-20-22)7-11-21(12-8-19)14-15-5-6-17(26-15)16-4-1-2-13-25-16/h3,5-6,9-10,16H,1-2,4,7-8,11-14H2,(H,23,24)/t16-/m0/s1. The summed E-state index contributed by atoms with van der Waals surface area (Å²) in [6.45, 7) is 2.89. The van der Waals surface area contributed by atoms with Crippen molar-refractivity contribution in [1.82, 2.24) is 14.7 Å². The molecule has 26 heavy (non-hydrogen) atoms. The van der Waals surface area contributed by atoms with E-state index < -0.39 is 11.5 Å². The van der Waals surface area contributed by atoms with E-state index in [9.17, 15) is 9.90 Å². The van der Waals surface area contributed by atoms with Gasteiger partial charge in [-0.3, -0.25) is 9.58 Å². The highest BCUT2D eigenvalue weighted by molar-refractivity contribution is 5.76. The first-order valence-corrected chi connectivity index (χ1v) is 9.33. The van der Waals surface area contributed by atoms with E-state index in [4.69, 9.17) is 9.15 Å². The zero-order valence-corrected chi connectivity index (χ0v) is 14.8. The summed E-state index contributed by atoms with van der Waals surface area (Å²) in [5.41, 5.74) is -0.940. The van der Waals surface area contributed by atoms with Crippen molar-refractivity contribution >= 4 is 5.97 Å². The molecule has 2 fully saturated rings. The van der Waals surface area contributed by atoms with Gasteiger partial charge >= 0.3 is 5.97 Å². The molecule has 0 unspecified atom stereocenters. The molecule has 0 spiro atoms. The van der Waals surface area contributed by atoms with Gasteiger partial charge in [0, 0.05) is 32.1 Å². The summed E-state index contributed by atoms with van der Waals surface area (Å²) in [6, 6.07) is 5.80. The molecule has 0 radical (unpaired) electrons. The maximum Gasteiger partial charge on any atom is 0.331 e. The Bertz CT molecular complexity index is 726. The molecule has 0 bridgehead atoms. The van der Waals surface area contributed by atoms with Crippen LogP contribution in [0.4, 0.5) is 0 Å². The molecule has 1 atom stereocenters. The Labute approximate surface area is 152 Å². The number of carboxylic acids is 1. The number of furan rings is 1. The number of nitrogens with zero attached hydrogens (tertiary/aromatic N) is 3. The molecule has 2 saturated heterocycles. The molecular weight excluding hydrogens is 334 g/mol. The fraction of sp³-hybridized carbons (Fsp3) is 0.579. The number of aliphatic carboxylic acids is 1. The Morgan fingerprint density at radius 1 is 1.31 bits per heavy atom. The van der Waals surface area contributed by atoms with Crippen LogP contribution < -0.4 is 0 Å². The summed E-state index contributed by atoms with van der Waals surface area (Å²) < 4.78 is 13.4. The average Bonchev–Trinajstić information content (AvgIpc) is 3.35. The van der Waals surface area contributed by atoms with Crippen LogP contribution in [-0.2, 0) is 21.6 Å². The van der Waals surface area contributed by atoms with Gasteiger partial charge in [-0.25, -0.2) is 4.79 Å². The van der Waals surface area contributed by atoms with Crippen molar-refractivity contribution in [2.75, 3.05) is 19.7 Å². The second kappa shape index (κ2) is 7.25. The van der Waals surface area contributed by atoms with Crippen molar-refractivity contribution in [3.8, 4) is 0 Å². The van der Waals surface area contributed by atoms with Crippen molar-refractivity contribution in [2.24, 2.45) is 0 Å². The van der Waals surface area contributed by atoms with Crippen LogP contribution in [0.25, 0.3) is 0 Å². The minimum atomic E-state index is -0.940. The molecule has 0 aliphatic carbocycles. The van der Waals surface area contributed by atoms with E-state index >= 15 is 0 Å². The first kappa shape index (κ1) is 17.3. The second-order valence-corrected chi connectivity index (χ2v) is 7.22. The average molecular weight is 359 g/mol. The minimum absolute atomic E-state index is 0.0818. The van der Waals surface area contributed by atoms with Gasteiger partial charge in [0.2, 0.25) is 0 Å². The van der Waals surface area contributed by atoms with Crippen molar-refractivity contribution in [3.63, 3.8) is 0 Å². The smallest absolute Gasteiger partial charge is 0.331 e. The molecule has 0 aromatic carbocycles. The van der Waals surface area contributed by atoms with Crippen molar-refractivity contribution < 1.29 is 19.1 Å². The molecule has 140 valence electrons. The van der Waals surface area contributed by atoms with Crippen LogP contribution >= 0.6 is 0 Å². The first-order chi connectivity index (χ1) is 12.7. The lowest BCUT2D eigenvalue weighted by molar-refractivity contribution is -0.151. The van der Waals surface area contributed by atoms with Gasteiger partial charge < -0.3 is 14.3 Å². The maximum atomic E-state index is 11.9. The van der Waals surface area contributed by atoms with Crippen LogP contribution in [0, 0.1) is 0 Å². The molecule has 0 amide bonds. The molecule has 4 heterocycles. The molecule has 2 aromatic heterocycles. The number of piperidine rings is 1. The predicted molar refractivity (Wildman–Crippen MR) is 93.6 cm³/mol. The second-order valence-electron chi connectivity index (χ2n) is 7.22. The summed E-state index contributed by atoms with van der Waals surface area (Å²) in [6.07, 6.45) is 7.84. The van der Waals surface area contributed by atoms with Crippen molar-refractivity contribution in [3.05, 3.63) is 42.1 Å². The Morgan fingerprint density at radius 3 is 2.81 bits per heavy atom. The largest absolute Gasteiger partial charge is 0.479 e. The van der Waals surface area contributed by atoms with E-state index in [-0.39, 0.29) is 6.10 Å². The van der Waals surface area contributed by atoms with E-state index in [0.717, 1.165) is 31.0 Å². The Morgan fingerprint density at radius 2 is 2.15 bits per heavy atom. The van der Waals surface area contributed by atoms with Crippen LogP contribution in [0.5, 0.6) is 0 Å². The third kappa shape index (κ3) is 3.29. The molecule has 0 saturated carbocycles. The highest BCUT2D eigenvalue weighted by atomic mass is 16.5. The van der Waals surface area contributed by atoms with E-state index in [1.807, 2.05) is 12.1 Å². The summed E-state index contributed by atoms with van der Waals surface area (Å²) in [4.78, 5) is 14.2. The number of likely N-dealkylation sites (tertiary alicyclic amines) is 1. The van der Waals surface area contributed by atoms with Crippen LogP contribution in [-0.4, -0.2) is 45.5 Å². The lowest BCUT2D eigenvalue weighted by atomic mass is 9.87. The molecule has 2 aromatic rings. The quantitative estimate of drug-likeness (QED) is 0.884. The number of hydrogen-bond acceptors (Lipinski definition) is 5. The number of rotatable bonds is 5. The van der Waals surface area contributed by atoms with Crippen LogP contribution in [0.2, 0.25) is 0 Å². The Kier molecular flexibility index (Phi) is 4.82. The van der Waals surface area contributed by atoms with Gasteiger partial charge in [-0.15, -0.1) is 0 Å². The summed E-state index contributed by atoms with van der Waals surface area (Å²) in [7, 11) is 0. The van der Waals surface area contributed by atoms with E-state index in [1.54, 1.807) is 23.1 Å². The molecule has 2 aliphatic heterocycles. The molecule has 2 aliphatic rings. The monoisotopic (exact) mass is 359 g/mol. The third-order valence-corrected chi connectivity index (χ3v) is 5.58. The SMILES string of the molecule is O=C(O)C1(n2cccn2)CCN(Cc2ccc([C@@H]3CCCCO3)o2)CC1. The maximum absolute atomic E-state index is 11.9. The Balaban J connectivity index is 1.38. The van der Waals surface area contributed by atoms with Gasteiger partial charge in [-0.05, 0) is 50.3 Å². The molecule has 4 rings (SSSR count). The highest BCUT2D eigenvalue weighted by Gasteiger charge is 2.44. The summed E-state index contributed by atoms with van der Waals surface area (Å²) in [5.74, 6) is 1.01. The van der Waals surface area contributed by atoms with Gasteiger partial charge in [0.15, 0.2) is 5.54 Å². The number of ether oxygens (including phenoxy) is 1. The van der Waals surface area contributed by atoms with Crippen molar-refractivity contribution in [1.29, 1.82) is 0 Å². The molecule has 7 nitrogen and oxygen atoms in total. The zero-order chi connectivity index (χ0) is 18.0. The fourth-order valence-electron chi connectivity index (χ4n) is 3.98. The van der Waals surface area contributed by atoms with Gasteiger partial charge in [0.05, 0.1) is 6.54 Å². The van der Waals surface area contributed by atoms with Crippen LogP contribution in [0.3, 0.4) is 0 Å². The third-order valence-electron chi connectivity index (χ3n) is 5.58. The number of carbonyl (C=O) groups is 1. The van der Waals surface area contributed by atoms with E-state index in [0.29, 0.717) is 32.5 Å². The minimum Gasteiger partial charge on any atom is -0.479 e. The molecule has 1 N–H and O–H groups in total. The van der Waals surface area contributed by atoms with Gasteiger partial charge in [0.25, 0.3) is 0 Å². The van der Waals surface area contributed by atoms with Crippen LogP contribution in [0.15, 0.2) is 35.0 Å². The highest BCUT2D eigenvalue weighted by Crippen LogP contribution is 2.32. The lowest BCUT2D eigenvalue weighted by Crippen LogP contribution is -2.51.